The largest absolute Gasteiger partial charge is 0.488 e. The normalized spacial score (nSPS) is 26.9. The van der Waals surface area contributed by atoms with Gasteiger partial charge >= 0.3 is 0 Å². The van der Waals surface area contributed by atoms with E-state index in [2.05, 4.69) is 32.9 Å². The van der Waals surface area contributed by atoms with Gasteiger partial charge in [-0.1, -0.05) is 32.9 Å². The molecule has 3 nitrogen and oxygen atoms in total. The zero-order valence-corrected chi connectivity index (χ0v) is 12.3. The van der Waals surface area contributed by atoms with E-state index in [1.807, 2.05) is 12.1 Å². The van der Waals surface area contributed by atoms with Gasteiger partial charge in [-0.3, -0.25) is 0 Å². The molecule has 0 amide bonds. The van der Waals surface area contributed by atoms with Crippen LogP contribution in [0.15, 0.2) is 24.3 Å². The van der Waals surface area contributed by atoms with E-state index in [0.717, 1.165) is 18.6 Å². The number of benzene rings is 1. The van der Waals surface area contributed by atoms with Crippen molar-refractivity contribution in [2.75, 3.05) is 7.11 Å². The maximum atomic E-state index is 5.92. The van der Waals surface area contributed by atoms with Gasteiger partial charge in [0, 0.05) is 19.6 Å². The third kappa shape index (κ3) is 2.93. The SMILES string of the molecule is CCC(C)(C)c1ccc(OC2CC(N)C2OC)cc1. The van der Waals surface area contributed by atoms with Crippen molar-refractivity contribution >= 4 is 0 Å². The first-order valence-electron chi connectivity index (χ1n) is 7.03. The van der Waals surface area contributed by atoms with Crippen molar-refractivity contribution in [3.63, 3.8) is 0 Å². The Balaban J connectivity index is 2.00. The van der Waals surface area contributed by atoms with Crippen LogP contribution in [0.25, 0.3) is 0 Å². The van der Waals surface area contributed by atoms with Crippen molar-refractivity contribution in [3.8, 4) is 5.75 Å². The fourth-order valence-electron chi connectivity index (χ4n) is 2.42. The summed E-state index contributed by atoms with van der Waals surface area (Å²) in [4.78, 5) is 0. The summed E-state index contributed by atoms with van der Waals surface area (Å²) >= 11 is 0. The molecule has 1 saturated carbocycles. The molecular formula is C16H25NO2. The van der Waals surface area contributed by atoms with Crippen molar-refractivity contribution in [2.45, 2.75) is 57.3 Å². The van der Waals surface area contributed by atoms with E-state index in [4.69, 9.17) is 15.2 Å². The summed E-state index contributed by atoms with van der Waals surface area (Å²) in [7, 11) is 1.69. The van der Waals surface area contributed by atoms with Crippen LogP contribution in [-0.2, 0) is 10.2 Å². The summed E-state index contributed by atoms with van der Waals surface area (Å²) in [6, 6.07) is 8.50. The van der Waals surface area contributed by atoms with E-state index in [-0.39, 0.29) is 23.7 Å². The Hall–Kier alpha value is -1.06. The lowest BCUT2D eigenvalue weighted by Gasteiger charge is -2.41. The Labute approximate surface area is 116 Å². The van der Waals surface area contributed by atoms with Gasteiger partial charge in [0.25, 0.3) is 0 Å². The van der Waals surface area contributed by atoms with Crippen LogP contribution in [0.4, 0.5) is 0 Å². The van der Waals surface area contributed by atoms with E-state index >= 15 is 0 Å². The van der Waals surface area contributed by atoms with Gasteiger partial charge in [-0.25, -0.2) is 0 Å². The van der Waals surface area contributed by atoms with Gasteiger partial charge in [-0.05, 0) is 29.5 Å². The lowest BCUT2D eigenvalue weighted by molar-refractivity contribution is -0.0782. The average molecular weight is 263 g/mol. The predicted octanol–water partition coefficient (Wildman–Crippen LogP) is 2.87. The Bertz CT molecular complexity index is 413. The van der Waals surface area contributed by atoms with Crippen LogP contribution in [0.5, 0.6) is 5.75 Å². The number of hydrogen-bond donors (Lipinski definition) is 1. The molecule has 1 aliphatic carbocycles. The number of rotatable bonds is 5. The van der Waals surface area contributed by atoms with Crippen LogP contribution >= 0.6 is 0 Å². The molecule has 2 N–H and O–H groups in total. The van der Waals surface area contributed by atoms with Crippen molar-refractivity contribution in [1.82, 2.24) is 0 Å². The first kappa shape index (κ1) is 14.4. The topological polar surface area (TPSA) is 44.5 Å². The van der Waals surface area contributed by atoms with E-state index in [0.29, 0.717) is 0 Å². The van der Waals surface area contributed by atoms with E-state index < -0.39 is 0 Å². The maximum Gasteiger partial charge on any atom is 0.128 e. The zero-order valence-electron chi connectivity index (χ0n) is 12.3. The van der Waals surface area contributed by atoms with Crippen LogP contribution < -0.4 is 10.5 Å². The van der Waals surface area contributed by atoms with Crippen molar-refractivity contribution < 1.29 is 9.47 Å². The van der Waals surface area contributed by atoms with Gasteiger partial charge < -0.3 is 15.2 Å². The molecule has 3 heteroatoms. The van der Waals surface area contributed by atoms with Gasteiger partial charge in [0.1, 0.15) is 18.0 Å². The molecule has 0 spiro atoms. The molecule has 2 rings (SSSR count). The molecule has 1 fully saturated rings. The van der Waals surface area contributed by atoms with Crippen molar-refractivity contribution in [1.29, 1.82) is 0 Å². The molecule has 0 radical (unpaired) electrons. The summed E-state index contributed by atoms with van der Waals surface area (Å²) in [6.45, 7) is 6.73. The zero-order chi connectivity index (χ0) is 14.0. The van der Waals surface area contributed by atoms with Gasteiger partial charge in [0.2, 0.25) is 0 Å². The second kappa shape index (κ2) is 5.51. The van der Waals surface area contributed by atoms with Crippen LogP contribution in [-0.4, -0.2) is 25.4 Å². The minimum absolute atomic E-state index is 0.0201. The first-order valence-corrected chi connectivity index (χ1v) is 7.03. The van der Waals surface area contributed by atoms with Crippen LogP contribution in [0, 0.1) is 0 Å². The third-order valence-corrected chi connectivity index (χ3v) is 4.37. The molecule has 3 atom stereocenters. The van der Waals surface area contributed by atoms with Crippen molar-refractivity contribution in [3.05, 3.63) is 29.8 Å². The smallest absolute Gasteiger partial charge is 0.128 e. The predicted molar refractivity (Wildman–Crippen MR) is 77.6 cm³/mol. The molecule has 1 aromatic rings. The Morgan fingerprint density at radius 2 is 1.89 bits per heavy atom. The van der Waals surface area contributed by atoms with Crippen LogP contribution in [0.2, 0.25) is 0 Å². The van der Waals surface area contributed by atoms with E-state index in [9.17, 15) is 0 Å². The highest BCUT2D eigenvalue weighted by Crippen LogP contribution is 2.30. The molecule has 106 valence electrons. The number of ether oxygens (including phenoxy) is 2. The minimum Gasteiger partial charge on any atom is -0.488 e. The van der Waals surface area contributed by atoms with Gasteiger partial charge in [-0.15, -0.1) is 0 Å². The molecule has 0 aliphatic heterocycles. The lowest BCUT2D eigenvalue weighted by atomic mass is 9.82. The highest BCUT2D eigenvalue weighted by Gasteiger charge is 2.40. The molecule has 3 unspecified atom stereocenters. The molecular weight excluding hydrogens is 238 g/mol. The number of methoxy groups -OCH3 is 1. The van der Waals surface area contributed by atoms with Gasteiger partial charge in [-0.2, -0.15) is 0 Å². The molecule has 0 aromatic heterocycles. The minimum atomic E-state index is 0.0201. The lowest BCUT2D eigenvalue weighted by Crippen LogP contribution is -2.59. The number of hydrogen-bond acceptors (Lipinski definition) is 3. The van der Waals surface area contributed by atoms with E-state index in [1.54, 1.807) is 7.11 Å². The molecule has 0 bridgehead atoms. The Morgan fingerprint density at radius 1 is 1.26 bits per heavy atom. The highest BCUT2D eigenvalue weighted by molar-refractivity contribution is 5.32. The summed E-state index contributed by atoms with van der Waals surface area (Å²) in [5.74, 6) is 0.898. The van der Waals surface area contributed by atoms with Crippen LogP contribution in [0.1, 0.15) is 39.2 Å². The summed E-state index contributed by atoms with van der Waals surface area (Å²) < 4.78 is 11.2. The summed E-state index contributed by atoms with van der Waals surface area (Å²) in [5.41, 5.74) is 7.43. The first-order chi connectivity index (χ1) is 8.97. The maximum absolute atomic E-state index is 5.92. The van der Waals surface area contributed by atoms with Crippen molar-refractivity contribution in [2.24, 2.45) is 5.73 Å². The second-order valence-electron chi connectivity index (χ2n) is 6.02. The molecule has 0 heterocycles. The molecule has 19 heavy (non-hydrogen) atoms. The molecule has 0 saturated heterocycles. The van der Waals surface area contributed by atoms with Gasteiger partial charge in [0.05, 0.1) is 0 Å². The molecule has 1 aromatic carbocycles. The average Bonchev–Trinajstić information content (AvgIpc) is 2.39. The number of nitrogens with two attached hydrogens (primary N) is 1. The second-order valence-corrected chi connectivity index (χ2v) is 6.02. The monoisotopic (exact) mass is 263 g/mol. The standard InChI is InChI=1S/C16H25NO2/c1-5-16(2,3)11-6-8-12(9-7-11)19-14-10-13(17)15(14)18-4/h6-9,13-15H,5,10,17H2,1-4H3. The summed E-state index contributed by atoms with van der Waals surface area (Å²) in [6.07, 6.45) is 2.09. The third-order valence-electron chi connectivity index (χ3n) is 4.37. The van der Waals surface area contributed by atoms with Crippen LogP contribution in [0.3, 0.4) is 0 Å². The highest BCUT2D eigenvalue weighted by atomic mass is 16.5. The summed E-state index contributed by atoms with van der Waals surface area (Å²) in [5, 5.41) is 0. The fourth-order valence-corrected chi connectivity index (χ4v) is 2.42. The molecule has 1 aliphatic rings. The fraction of sp³-hybridized carbons (Fsp3) is 0.625. The van der Waals surface area contributed by atoms with E-state index in [1.165, 1.54) is 5.56 Å². The Kier molecular flexibility index (Phi) is 4.16. The Morgan fingerprint density at radius 3 is 2.37 bits per heavy atom. The quantitative estimate of drug-likeness (QED) is 0.888. The van der Waals surface area contributed by atoms with Gasteiger partial charge in [0.15, 0.2) is 0 Å².